The van der Waals surface area contributed by atoms with Gasteiger partial charge < -0.3 is 15.8 Å². The Morgan fingerprint density at radius 1 is 1.42 bits per heavy atom. The summed E-state index contributed by atoms with van der Waals surface area (Å²) in [5.74, 6) is -1.53. The van der Waals surface area contributed by atoms with E-state index in [1.165, 1.54) is 0 Å². The smallest absolute Gasteiger partial charge is 0.127 e. The van der Waals surface area contributed by atoms with E-state index in [4.69, 9.17) is 22.1 Å². The monoisotopic (exact) mass is 451 g/mol. The number of aliphatic imine (C=N–C) groups is 1. The molecule has 2 aliphatic heterocycles. The number of aromatic nitrogens is 2. The Bertz CT molecular complexity index is 901. The van der Waals surface area contributed by atoms with Crippen molar-refractivity contribution in [3.8, 4) is 0 Å². The molecular formula is C22H28ClF2N5O. The van der Waals surface area contributed by atoms with Gasteiger partial charge in [0.25, 0.3) is 0 Å². The lowest BCUT2D eigenvalue weighted by molar-refractivity contribution is 0.0313. The first-order chi connectivity index (χ1) is 14.9. The summed E-state index contributed by atoms with van der Waals surface area (Å²) in [5, 5.41) is 7.86. The molecule has 0 bridgehead atoms. The molecule has 1 aromatic heterocycles. The molecule has 168 valence electrons. The van der Waals surface area contributed by atoms with Gasteiger partial charge in [0, 0.05) is 35.0 Å². The molecular weight excluding hydrogens is 424 g/mol. The number of nitrogens with two attached hydrogens (primary N) is 1. The Morgan fingerprint density at radius 3 is 2.84 bits per heavy atom. The van der Waals surface area contributed by atoms with Crippen LogP contribution in [0.4, 0.5) is 8.78 Å². The molecule has 0 aliphatic carbocycles. The first kappa shape index (κ1) is 23.5. The zero-order valence-electron chi connectivity index (χ0n) is 17.5. The molecule has 0 saturated carbocycles. The van der Waals surface area contributed by atoms with Gasteiger partial charge in [-0.2, -0.15) is 5.10 Å². The second-order valence-corrected chi connectivity index (χ2v) is 7.88. The Balaban J connectivity index is 1.74. The number of nitrogens with one attached hydrogen (secondary N) is 1. The summed E-state index contributed by atoms with van der Waals surface area (Å²) >= 11 is 5.91. The van der Waals surface area contributed by atoms with Gasteiger partial charge in [0.15, 0.2) is 0 Å². The van der Waals surface area contributed by atoms with E-state index in [1.807, 2.05) is 17.0 Å². The fourth-order valence-electron chi connectivity index (χ4n) is 3.57. The molecule has 1 fully saturated rings. The number of nitrogens with zero attached hydrogens (tertiary/aromatic N) is 3. The lowest BCUT2D eigenvalue weighted by Crippen LogP contribution is -2.38. The minimum Gasteiger partial charge on any atom is -0.363 e. The Kier molecular flexibility index (Phi) is 8.31. The maximum Gasteiger partial charge on any atom is 0.127 e. The highest BCUT2D eigenvalue weighted by molar-refractivity contribution is 6.19. The van der Waals surface area contributed by atoms with Gasteiger partial charge in [-0.15, -0.1) is 11.6 Å². The van der Waals surface area contributed by atoms with Crippen molar-refractivity contribution >= 4 is 23.4 Å². The molecule has 0 radical (unpaired) electrons. The van der Waals surface area contributed by atoms with Gasteiger partial charge in [-0.1, -0.05) is 6.58 Å². The topological polar surface area (TPSA) is 77.5 Å². The fraction of sp³-hybridized carbons (Fsp3) is 0.455. The molecule has 0 spiro atoms. The lowest BCUT2D eigenvalue weighted by Gasteiger charge is -2.27. The zero-order valence-corrected chi connectivity index (χ0v) is 18.2. The highest BCUT2D eigenvalue weighted by atomic mass is 35.5. The molecule has 3 unspecified atom stereocenters. The van der Waals surface area contributed by atoms with Crippen LogP contribution in [0, 0.1) is 0 Å². The van der Waals surface area contributed by atoms with Crippen LogP contribution in [-0.2, 0) is 4.74 Å². The SMILES string of the molecule is C=C(F)/C=C\C(F)=C(/CCl)C(C)OC1C=C(c2cnn(C3CCNCC3)c2)C=NC1N. The molecule has 6 nitrogen and oxygen atoms in total. The van der Waals surface area contributed by atoms with Crippen LogP contribution in [0.15, 0.2) is 59.4 Å². The van der Waals surface area contributed by atoms with Crippen LogP contribution in [0.25, 0.3) is 5.57 Å². The number of rotatable bonds is 8. The Morgan fingerprint density at radius 2 is 2.16 bits per heavy atom. The van der Waals surface area contributed by atoms with E-state index in [0.29, 0.717) is 6.04 Å². The number of alkyl halides is 1. The summed E-state index contributed by atoms with van der Waals surface area (Å²) in [6.07, 6.45) is 9.45. The standard InChI is InChI=1S/C22H28ClF2N5O/c1-14(24)3-4-20(25)19(10-23)15(2)31-21-9-16(11-28-22(21)26)17-12-29-30(13-17)18-5-7-27-8-6-18/h3-4,9,11-13,15,18,21-22,27H,1,5-8,10,26H2,2H3/b4-3-,20-19-. The number of allylic oxidation sites excluding steroid dienone is 5. The van der Waals surface area contributed by atoms with E-state index >= 15 is 0 Å². The van der Waals surface area contributed by atoms with Gasteiger partial charge in [0.05, 0.1) is 18.3 Å². The summed E-state index contributed by atoms with van der Waals surface area (Å²) in [4.78, 5) is 4.33. The predicted octanol–water partition coefficient (Wildman–Crippen LogP) is 3.84. The summed E-state index contributed by atoms with van der Waals surface area (Å²) in [7, 11) is 0. The van der Waals surface area contributed by atoms with Gasteiger partial charge in [-0.3, -0.25) is 9.67 Å². The minimum atomic E-state index is -0.751. The molecule has 1 aromatic rings. The second-order valence-electron chi connectivity index (χ2n) is 7.61. The van der Waals surface area contributed by atoms with Gasteiger partial charge in [0.1, 0.15) is 23.9 Å². The van der Waals surface area contributed by atoms with E-state index < -0.39 is 30.0 Å². The normalized spacial score (nSPS) is 24.2. The average molecular weight is 452 g/mol. The van der Waals surface area contributed by atoms with Crippen LogP contribution in [0.5, 0.6) is 0 Å². The fourth-order valence-corrected chi connectivity index (χ4v) is 3.92. The third kappa shape index (κ3) is 6.20. The largest absolute Gasteiger partial charge is 0.363 e. The third-order valence-electron chi connectivity index (χ3n) is 5.40. The van der Waals surface area contributed by atoms with Crippen LogP contribution < -0.4 is 11.1 Å². The Hall–Kier alpha value is -2.13. The van der Waals surface area contributed by atoms with Crippen molar-refractivity contribution in [2.24, 2.45) is 10.7 Å². The third-order valence-corrected chi connectivity index (χ3v) is 5.68. The number of halogens is 3. The Labute approximate surface area is 186 Å². The summed E-state index contributed by atoms with van der Waals surface area (Å²) < 4.78 is 35.1. The molecule has 9 heteroatoms. The highest BCUT2D eigenvalue weighted by Gasteiger charge is 2.25. The number of hydrogen-bond donors (Lipinski definition) is 2. The van der Waals surface area contributed by atoms with Crippen molar-refractivity contribution in [1.29, 1.82) is 0 Å². The van der Waals surface area contributed by atoms with E-state index in [-0.39, 0.29) is 11.5 Å². The molecule has 3 N–H and O–H groups in total. The summed E-state index contributed by atoms with van der Waals surface area (Å²) in [6, 6.07) is 0.373. The predicted molar refractivity (Wildman–Crippen MR) is 120 cm³/mol. The van der Waals surface area contributed by atoms with Gasteiger partial charge >= 0.3 is 0 Å². The molecule has 31 heavy (non-hydrogen) atoms. The number of ether oxygens (including phenoxy) is 1. The van der Waals surface area contributed by atoms with Crippen molar-refractivity contribution in [1.82, 2.24) is 15.1 Å². The number of dihydropyridines is 1. The summed E-state index contributed by atoms with van der Waals surface area (Å²) in [5.41, 5.74) is 8.04. The lowest BCUT2D eigenvalue weighted by atomic mass is 10.0. The van der Waals surface area contributed by atoms with Crippen LogP contribution in [0.1, 0.15) is 31.4 Å². The molecule has 0 aromatic carbocycles. The number of piperidine rings is 1. The van der Waals surface area contributed by atoms with Gasteiger partial charge in [-0.25, -0.2) is 8.78 Å². The quantitative estimate of drug-likeness (QED) is 0.465. The van der Waals surface area contributed by atoms with Crippen molar-refractivity contribution < 1.29 is 13.5 Å². The minimum absolute atomic E-state index is 0.110. The molecule has 3 atom stereocenters. The van der Waals surface area contributed by atoms with Crippen LogP contribution >= 0.6 is 11.6 Å². The molecule has 0 amide bonds. The van der Waals surface area contributed by atoms with Gasteiger partial charge in [-0.05, 0) is 51.1 Å². The average Bonchev–Trinajstić information content (AvgIpc) is 3.25. The van der Waals surface area contributed by atoms with Crippen LogP contribution in [0.3, 0.4) is 0 Å². The van der Waals surface area contributed by atoms with Crippen LogP contribution in [-0.4, -0.2) is 53.3 Å². The van der Waals surface area contributed by atoms with Crippen molar-refractivity contribution in [2.45, 2.75) is 44.2 Å². The van der Waals surface area contributed by atoms with Crippen molar-refractivity contribution in [2.75, 3.05) is 19.0 Å². The first-order valence-electron chi connectivity index (χ1n) is 10.3. The first-order valence-corrected chi connectivity index (χ1v) is 10.8. The molecule has 3 heterocycles. The highest BCUT2D eigenvalue weighted by Crippen LogP contribution is 2.25. The van der Waals surface area contributed by atoms with Gasteiger partial charge in [0.2, 0.25) is 0 Å². The maximum atomic E-state index is 14.4. The molecule has 2 aliphatic rings. The summed E-state index contributed by atoms with van der Waals surface area (Å²) in [6.45, 7) is 6.70. The van der Waals surface area contributed by atoms with Crippen LogP contribution in [0.2, 0.25) is 0 Å². The van der Waals surface area contributed by atoms with E-state index in [1.54, 1.807) is 19.3 Å². The van der Waals surface area contributed by atoms with E-state index in [9.17, 15) is 8.78 Å². The second kappa shape index (κ2) is 10.9. The number of hydrogen-bond acceptors (Lipinski definition) is 5. The van der Waals surface area contributed by atoms with Crippen molar-refractivity contribution in [3.05, 3.63) is 60.0 Å². The van der Waals surface area contributed by atoms with E-state index in [2.05, 4.69) is 22.0 Å². The maximum absolute atomic E-state index is 14.4. The zero-order chi connectivity index (χ0) is 22.4. The molecule has 1 saturated heterocycles. The van der Waals surface area contributed by atoms with E-state index in [0.717, 1.165) is 49.2 Å². The van der Waals surface area contributed by atoms with Crippen molar-refractivity contribution in [3.63, 3.8) is 0 Å². The molecule has 3 rings (SSSR count).